The average molecular weight is 302 g/mol. The van der Waals surface area contributed by atoms with E-state index in [0.29, 0.717) is 5.92 Å². The highest BCUT2D eigenvalue weighted by Gasteiger charge is 2.26. The molecule has 1 aromatic rings. The molecule has 0 radical (unpaired) electrons. The molecule has 1 saturated heterocycles. The van der Waals surface area contributed by atoms with Crippen LogP contribution in [0.2, 0.25) is 0 Å². The smallest absolute Gasteiger partial charge is 0.243 e. The molecule has 120 valence electrons. The van der Waals surface area contributed by atoms with E-state index < -0.39 is 0 Å². The lowest BCUT2D eigenvalue weighted by Gasteiger charge is -2.22. The molecule has 0 aliphatic carbocycles. The predicted molar refractivity (Wildman–Crippen MR) is 90.0 cm³/mol. The minimum Gasteiger partial charge on any atom is -0.357 e. The maximum absolute atomic E-state index is 11.7. The van der Waals surface area contributed by atoms with Gasteiger partial charge in [0.05, 0.1) is 0 Å². The van der Waals surface area contributed by atoms with Gasteiger partial charge in [-0.2, -0.15) is 0 Å². The maximum atomic E-state index is 11.7. The lowest BCUT2D eigenvalue weighted by atomic mass is 9.99. The highest BCUT2D eigenvalue weighted by molar-refractivity contribution is 5.85. The summed E-state index contributed by atoms with van der Waals surface area (Å²) in [7, 11) is 3.51. The summed E-state index contributed by atoms with van der Waals surface area (Å²) in [5, 5.41) is 3.30. The van der Waals surface area contributed by atoms with Crippen molar-refractivity contribution < 1.29 is 4.79 Å². The largest absolute Gasteiger partial charge is 0.357 e. The molecular formula is C17H26N4O. The van der Waals surface area contributed by atoms with E-state index in [-0.39, 0.29) is 12.5 Å². The number of carbonyl (C=O) groups is 1. The lowest BCUT2D eigenvalue weighted by molar-refractivity contribution is -0.127. The Morgan fingerprint density at radius 3 is 2.73 bits per heavy atom. The Kier molecular flexibility index (Phi) is 5.81. The number of nitrogens with one attached hydrogen (secondary N) is 1. The first-order valence-electron chi connectivity index (χ1n) is 7.90. The first-order chi connectivity index (χ1) is 10.6. The molecule has 1 heterocycles. The van der Waals surface area contributed by atoms with Gasteiger partial charge >= 0.3 is 0 Å². The zero-order chi connectivity index (χ0) is 15.9. The van der Waals surface area contributed by atoms with Crippen LogP contribution in [0.3, 0.4) is 0 Å². The van der Waals surface area contributed by atoms with Gasteiger partial charge in [-0.05, 0) is 18.9 Å². The molecule has 1 fully saturated rings. The van der Waals surface area contributed by atoms with E-state index in [1.165, 1.54) is 5.56 Å². The fourth-order valence-corrected chi connectivity index (χ4v) is 2.66. The van der Waals surface area contributed by atoms with Crippen molar-refractivity contribution in [1.29, 1.82) is 0 Å². The fraction of sp³-hybridized carbons (Fsp3) is 0.529. The third-order valence-electron chi connectivity index (χ3n) is 3.96. The summed E-state index contributed by atoms with van der Waals surface area (Å²) in [5.74, 6) is 1.40. The van der Waals surface area contributed by atoms with Crippen LogP contribution >= 0.6 is 0 Å². The van der Waals surface area contributed by atoms with Crippen LogP contribution in [0.15, 0.2) is 35.3 Å². The Labute approximate surface area is 133 Å². The van der Waals surface area contributed by atoms with E-state index >= 15 is 0 Å². The van der Waals surface area contributed by atoms with Crippen LogP contribution in [-0.2, 0) is 4.79 Å². The molecule has 1 N–H and O–H groups in total. The van der Waals surface area contributed by atoms with E-state index in [1.807, 2.05) is 6.92 Å². The minimum absolute atomic E-state index is 0.0224. The number of benzene rings is 1. The van der Waals surface area contributed by atoms with E-state index in [2.05, 4.69) is 45.5 Å². The molecule has 0 spiro atoms. The summed E-state index contributed by atoms with van der Waals surface area (Å²) >= 11 is 0. The second-order valence-electron chi connectivity index (χ2n) is 5.80. The first kappa shape index (κ1) is 16.3. The molecule has 1 amide bonds. The summed E-state index contributed by atoms with van der Waals surface area (Å²) in [6.07, 6.45) is 1.12. The Hall–Kier alpha value is -2.04. The minimum atomic E-state index is 0.0224. The highest BCUT2D eigenvalue weighted by atomic mass is 16.2. The summed E-state index contributed by atoms with van der Waals surface area (Å²) in [4.78, 5) is 20.0. The van der Waals surface area contributed by atoms with Crippen molar-refractivity contribution in [3.05, 3.63) is 35.9 Å². The standard InChI is InChI=1S/C17H26N4O/c1-4-18-17(19-12-16(22)20(2)3)21-11-10-15(13-21)14-8-6-5-7-9-14/h5-9,15H,4,10-13H2,1-3H3,(H,18,19). The van der Waals surface area contributed by atoms with Crippen LogP contribution in [0.5, 0.6) is 0 Å². The number of guanidine groups is 1. The molecule has 1 aliphatic rings. The average Bonchev–Trinajstić information content (AvgIpc) is 3.01. The number of aliphatic imine (C=N–C) groups is 1. The maximum Gasteiger partial charge on any atom is 0.243 e. The van der Waals surface area contributed by atoms with Crippen molar-refractivity contribution in [3.8, 4) is 0 Å². The van der Waals surface area contributed by atoms with Crippen LogP contribution < -0.4 is 5.32 Å². The molecule has 5 nitrogen and oxygen atoms in total. The van der Waals surface area contributed by atoms with Gasteiger partial charge in [0.2, 0.25) is 5.91 Å². The third-order valence-corrected chi connectivity index (χ3v) is 3.96. The van der Waals surface area contributed by atoms with Crippen molar-refractivity contribution in [3.63, 3.8) is 0 Å². The number of hydrogen-bond donors (Lipinski definition) is 1. The van der Waals surface area contributed by atoms with Gasteiger partial charge in [-0.3, -0.25) is 4.79 Å². The van der Waals surface area contributed by atoms with Gasteiger partial charge in [0.25, 0.3) is 0 Å². The molecule has 22 heavy (non-hydrogen) atoms. The van der Waals surface area contributed by atoms with E-state index in [0.717, 1.165) is 32.0 Å². The van der Waals surface area contributed by atoms with Crippen LogP contribution in [0.1, 0.15) is 24.8 Å². The number of hydrogen-bond acceptors (Lipinski definition) is 2. The van der Waals surface area contributed by atoms with Gasteiger partial charge in [-0.15, -0.1) is 0 Å². The van der Waals surface area contributed by atoms with E-state index in [4.69, 9.17) is 0 Å². The summed E-state index contributed by atoms with van der Waals surface area (Å²) in [6.45, 7) is 4.98. The number of carbonyl (C=O) groups excluding carboxylic acids is 1. The summed E-state index contributed by atoms with van der Waals surface area (Å²) < 4.78 is 0. The third kappa shape index (κ3) is 4.23. The molecule has 1 aromatic carbocycles. The summed E-state index contributed by atoms with van der Waals surface area (Å²) in [6, 6.07) is 10.6. The molecule has 0 saturated carbocycles. The van der Waals surface area contributed by atoms with Crippen LogP contribution in [0, 0.1) is 0 Å². The Morgan fingerprint density at radius 2 is 2.09 bits per heavy atom. The van der Waals surface area contributed by atoms with E-state index in [1.54, 1.807) is 19.0 Å². The van der Waals surface area contributed by atoms with Gasteiger partial charge in [-0.1, -0.05) is 30.3 Å². The molecule has 0 bridgehead atoms. The SMILES string of the molecule is CCNC(=NCC(=O)N(C)C)N1CCC(c2ccccc2)C1. The van der Waals surface area contributed by atoms with Gasteiger partial charge in [0.1, 0.15) is 6.54 Å². The Bertz CT molecular complexity index is 513. The molecule has 1 unspecified atom stereocenters. The molecule has 2 rings (SSSR count). The Morgan fingerprint density at radius 1 is 1.36 bits per heavy atom. The molecular weight excluding hydrogens is 276 g/mol. The quantitative estimate of drug-likeness (QED) is 0.678. The monoisotopic (exact) mass is 302 g/mol. The number of nitrogens with zero attached hydrogens (tertiary/aromatic N) is 3. The molecule has 0 aromatic heterocycles. The number of likely N-dealkylation sites (tertiary alicyclic amines) is 1. The van der Waals surface area contributed by atoms with Crippen LogP contribution in [-0.4, -0.2) is 61.9 Å². The van der Waals surface area contributed by atoms with Crippen molar-refractivity contribution in [2.45, 2.75) is 19.3 Å². The zero-order valence-corrected chi connectivity index (χ0v) is 13.7. The van der Waals surface area contributed by atoms with Crippen molar-refractivity contribution >= 4 is 11.9 Å². The molecule has 1 atom stereocenters. The second kappa shape index (κ2) is 7.82. The second-order valence-corrected chi connectivity index (χ2v) is 5.80. The Balaban J connectivity index is 2.01. The van der Waals surface area contributed by atoms with Crippen molar-refractivity contribution in [1.82, 2.24) is 15.1 Å². The van der Waals surface area contributed by atoms with E-state index in [9.17, 15) is 4.79 Å². The van der Waals surface area contributed by atoms with Crippen LogP contribution in [0.4, 0.5) is 0 Å². The normalized spacial score (nSPS) is 18.4. The van der Waals surface area contributed by atoms with Gasteiger partial charge in [-0.25, -0.2) is 4.99 Å². The summed E-state index contributed by atoms with van der Waals surface area (Å²) in [5.41, 5.74) is 1.38. The molecule has 5 heteroatoms. The highest BCUT2D eigenvalue weighted by Crippen LogP contribution is 2.26. The number of rotatable bonds is 4. The van der Waals surface area contributed by atoms with Gasteiger partial charge in [0.15, 0.2) is 5.96 Å². The van der Waals surface area contributed by atoms with Gasteiger partial charge in [0, 0.05) is 39.6 Å². The van der Waals surface area contributed by atoms with Crippen molar-refractivity contribution in [2.75, 3.05) is 40.3 Å². The molecule has 1 aliphatic heterocycles. The lowest BCUT2D eigenvalue weighted by Crippen LogP contribution is -2.40. The number of amides is 1. The van der Waals surface area contributed by atoms with Gasteiger partial charge < -0.3 is 15.1 Å². The predicted octanol–water partition coefficient (Wildman–Crippen LogP) is 1.53. The fourth-order valence-electron chi connectivity index (χ4n) is 2.66. The zero-order valence-electron chi connectivity index (χ0n) is 13.7. The van der Waals surface area contributed by atoms with Crippen LogP contribution in [0.25, 0.3) is 0 Å². The van der Waals surface area contributed by atoms with Crippen molar-refractivity contribution in [2.24, 2.45) is 4.99 Å². The number of likely N-dealkylation sites (N-methyl/N-ethyl adjacent to an activating group) is 1. The first-order valence-corrected chi connectivity index (χ1v) is 7.90. The topological polar surface area (TPSA) is 47.9 Å².